The second kappa shape index (κ2) is 5.48. The minimum Gasteiger partial charge on any atom is -0.368 e. The lowest BCUT2D eigenvalue weighted by molar-refractivity contribution is 0.705. The Morgan fingerprint density at radius 1 is 1.24 bits per heavy atom. The summed E-state index contributed by atoms with van der Waals surface area (Å²) in [5.74, 6) is 1.49. The van der Waals surface area contributed by atoms with Crippen molar-refractivity contribution in [3.05, 3.63) is 24.8 Å². The maximum Gasteiger partial charge on any atom is 0.258 e. The van der Waals surface area contributed by atoms with E-state index in [0.29, 0.717) is 18.4 Å². The van der Waals surface area contributed by atoms with Gasteiger partial charge in [-0.25, -0.2) is 4.98 Å². The number of nitrogens with zero attached hydrogens (tertiary/aromatic N) is 9. The van der Waals surface area contributed by atoms with Crippen molar-refractivity contribution in [3.63, 3.8) is 0 Å². The first kappa shape index (κ1) is 12.9. The Kier molecular flexibility index (Phi) is 3.37. The zero-order chi connectivity index (χ0) is 14.7. The van der Waals surface area contributed by atoms with Gasteiger partial charge >= 0.3 is 0 Å². The molecule has 0 unspecified atom stereocenters. The van der Waals surface area contributed by atoms with E-state index in [4.69, 9.17) is 5.73 Å². The number of hydrogen-bond acceptors (Lipinski definition) is 9. The molecule has 0 aromatic carbocycles. The van der Waals surface area contributed by atoms with E-state index < -0.39 is 0 Å². The highest BCUT2D eigenvalue weighted by molar-refractivity contribution is 5.34. The van der Waals surface area contributed by atoms with Crippen molar-refractivity contribution >= 4 is 11.9 Å². The molecular formula is C10H13N11. The largest absolute Gasteiger partial charge is 0.368 e. The molecule has 0 amide bonds. The van der Waals surface area contributed by atoms with E-state index in [2.05, 4.69) is 40.5 Å². The summed E-state index contributed by atoms with van der Waals surface area (Å²) in [7, 11) is 0. The van der Waals surface area contributed by atoms with Crippen LogP contribution in [-0.4, -0.2) is 44.5 Å². The van der Waals surface area contributed by atoms with Gasteiger partial charge in [0.25, 0.3) is 5.95 Å². The highest BCUT2D eigenvalue weighted by atomic mass is 15.4. The SMILES string of the molecule is CCn1cnnc1CNc1nc(N)nc(-n2cncn2)n1. The van der Waals surface area contributed by atoms with Gasteiger partial charge < -0.3 is 15.6 Å². The molecule has 0 saturated heterocycles. The molecule has 0 bridgehead atoms. The lowest BCUT2D eigenvalue weighted by Gasteiger charge is -2.07. The van der Waals surface area contributed by atoms with Crippen LogP contribution in [0.4, 0.5) is 11.9 Å². The highest BCUT2D eigenvalue weighted by Gasteiger charge is 2.08. The molecule has 0 radical (unpaired) electrons. The molecule has 11 heteroatoms. The molecule has 0 saturated carbocycles. The van der Waals surface area contributed by atoms with Crippen LogP contribution in [0, 0.1) is 0 Å². The fraction of sp³-hybridized carbons (Fsp3) is 0.300. The van der Waals surface area contributed by atoms with Crippen molar-refractivity contribution in [3.8, 4) is 5.95 Å². The van der Waals surface area contributed by atoms with E-state index in [1.807, 2.05) is 11.5 Å². The maximum atomic E-state index is 5.67. The lowest BCUT2D eigenvalue weighted by atomic mass is 10.5. The summed E-state index contributed by atoms with van der Waals surface area (Å²) < 4.78 is 3.31. The number of nitrogen functional groups attached to an aromatic ring is 1. The number of rotatable bonds is 5. The number of hydrogen-bond donors (Lipinski definition) is 2. The second-order valence-corrected chi connectivity index (χ2v) is 4.04. The van der Waals surface area contributed by atoms with Crippen molar-refractivity contribution in [2.75, 3.05) is 11.1 Å². The first-order valence-corrected chi connectivity index (χ1v) is 6.23. The van der Waals surface area contributed by atoms with Gasteiger partial charge in [0.1, 0.15) is 19.0 Å². The van der Waals surface area contributed by atoms with Gasteiger partial charge in [-0.1, -0.05) is 0 Å². The third kappa shape index (κ3) is 2.75. The summed E-state index contributed by atoms with van der Waals surface area (Å²) in [6, 6.07) is 0. The second-order valence-electron chi connectivity index (χ2n) is 4.04. The normalized spacial score (nSPS) is 10.7. The minimum atomic E-state index is 0.0926. The highest BCUT2D eigenvalue weighted by Crippen LogP contribution is 2.07. The molecule has 3 aromatic heterocycles. The third-order valence-electron chi connectivity index (χ3n) is 2.71. The van der Waals surface area contributed by atoms with Gasteiger partial charge in [-0.2, -0.15) is 24.7 Å². The third-order valence-corrected chi connectivity index (χ3v) is 2.71. The van der Waals surface area contributed by atoms with Crippen LogP contribution in [-0.2, 0) is 13.1 Å². The van der Waals surface area contributed by atoms with Crippen molar-refractivity contribution in [1.29, 1.82) is 0 Å². The molecule has 0 spiro atoms. The smallest absolute Gasteiger partial charge is 0.258 e. The minimum absolute atomic E-state index is 0.0926. The van der Waals surface area contributed by atoms with Crippen LogP contribution in [0.5, 0.6) is 0 Å². The Labute approximate surface area is 119 Å². The molecule has 11 nitrogen and oxygen atoms in total. The molecule has 3 aromatic rings. The molecule has 0 fully saturated rings. The Hall–Kier alpha value is -3.11. The monoisotopic (exact) mass is 287 g/mol. The van der Waals surface area contributed by atoms with E-state index in [1.165, 1.54) is 17.3 Å². The van der Waals surface area contributed by atoms with Crippen molar-refractivity contribution in [2.24, 2.45) is 0 Å². The fourth-order valence-electron chi connectivity index (χ4n) is 1.71. The van der Waals surface area contributed by atoms with Gasteiger partial charge in [0.05, 0.1) is 6.54 Å². The first-order chi connectivity index (χ1) is 10.3. The van der Waals surface area contributed by atoms with Gasteiger partial charge in [-0.05, 0) is 6.92 Å². The summed E-state index contributed by atoms with van der Waals surface area (Å²) >= 11 is 0. The van der Waals surface area contributed by atoms with Gasteiger partial charge in [-0.3, -0.25) is 0 Å². The summed E-state index contributed by atoms with van der Waals surface area (Å²) in [5, 5.41) is 14.9. The van der Waals surface area contributed by atoms with Crippen LogP contribution in [0.2, 0.25) is 0 Å². The predicted molar refractivity (Wildman–Crippen MR) is 72.2 cm³/mol. The van der Waals surface area contributed by atoms with Crippen molar-refractivity contribution in [1.82, 2.24) is 44.5 Å². The van der Waals surface area contributed by atoms with Crippen molar-refractivity contribution < 1.29 is 0 Å². The number of nitrogens with two attached hydrogens (primary N) is 1. The van der Waals surface area contributed by atoms with Crippen LogP contribution in [0.3, 0.4) is 0 Å². The van der Waals surface area contributed by atoms with Crippen LogP contribution in [0.1, 0.15) is 12.7 Å². The topological polar surface area (TPSA) is 138 Å². The van der Waals surface area contributed by atoms with Crippen LogP contribution >= 0.6 is 0 Å². The Morgan fingerprint density at radius 2 is 2.14 bits per heavy atom. The number of anilines is 2. The lowest BCUT2D eigenvalue weighted by Crippen LogP contribution is -2.13. The molecule has 0 aliphatic heterocycles. The summed E-state index contributed by atoms with van der Waals surface area (Å²) in [6.07, 6.45) is 4.53. The molecule has 3 rings (SSSR count). The average Bonchev–Trinajstić information content (AvgIpc) is 3.15. The Balaban J connectivity index is 1.79. The number of aromatic nitrogens is 9. The maximum absolute atomic E-state index is 5.67. The molecule has 21 heavy (non-hydrogen) atoms. The molecule has 3 N–H and O–H groups in total. The van der Waals surface area contributed by atoms with Crippen molar-refractivity contribution in [2.45, 2.75) is 20.0 Å². The quantitative estimate of drug-likeness (QED) is 0.621. The predicted octanol–water partition coefficient (Wildman–Crippen LogP) is -0.742. The molecular weight excluding hydrogens is 274 g/mol. The van der Waals surface area contributed by atoms with Gasteiger partial charge in [0.2, 0.25) is 11.9 Å². The Bertz CT molecular complexity index is 716. The first-order valence-electron chi connectivity index (χ1n) is 6.23. The summed E-state index contributed by atoms with van der Waals surface area (Å²) in [6.45, 7) is 3.22. The number of nitrogens with one attached hydrogen (secondary N) is 1. The van der Waals surface area contributed by atoms with Crippen LogP contribution in [0.15, 0.2) is 19.0 Å². The van der Waals surface area contributed by atoms with E-state index >= 15 is 0 Å². The van der Waals surface area contributed by atoms with E-state index in [1.54, 1.807) is 6.33 Å². The summed E-state index contributed by atoms with van der Waals surface area (Å²) in [5.41, 5.74) is 5.67. The molecule has 3 heterocycles. The fourth-order valence-corrected chi connectivity index (χ4v) is 1.71. The number of aryl methyl sites for hydroxylation is 1. The van der Waals surface area contributed by atoms with Crippen LogP contribution in [0.25, 0.3) is 5.95 Å². The zero-order valence-electron chi connectivity index (χ0n) is 11.2. The molecule has 108 valence electrons. The van der Waals surface area contributed by atoms with Gasteiger partial charge in [0, 0.05) is 6.54 Å². The van der Waals surface area contributed by atoms with E-state index in [0.717, 1.165) is 12.4 Å². The molecule has 0 atom stereocenters. The van der Waals surface area contributed by atoms with Crippen LogP contribution < -0.4 is 11.1 Å². The molecule has 0 aliphatic rings. The molecule has 0 aliphatic carbocycles. The Morgan fingerprint density at radius 3 is 2.90 bits per heavy atom. The van der Waals surface area contributed by atoms with Gasteiger partial charge in [0.15, 0.2) is 5.82 Å². The van der Waals surface area contributed by atoms with Gasteiger partial charge in [-0.15, -0.1) is 10.2 Å². The standard InChI is InChI=1S/C10H13N11/c1-2-20-6-14-19-7(20)3-13-9-16-8(11)17-10(18-9)21-5-12-4-15-21/h4-6H,2-3H2,1H3,(H3,11,13,16,17,18). The zero-order valence-corrected chi connectivity index (χ0v) is 11.2. The van der Waals surface area contributed by atoms with E-state index in [-0.39, 0.29) is 5.95 Å². The average molecular weight is 287 g/mol. The van der Waals surface area contributed by atoms with E-state index in [9.17, 15) is 0 Å². The summed E-state index contributed by atoms with van der Waals surface area (Å²) in [4.78, 5) is 16.1.